The second-order valence-electron chi connectivity index (χ2n) is 10.0. The van der Waals surface area contributed by atoms with Gasteiger partial charge < -0.3 is 31.1 Å². The summed E-state index contributed by atoms with van der Waals surface area (Å²) in [6.45, 7) is 4.83. The van der Waals surface area contributed by atoms with Crippen molar-refractivity contribution in [1.82, 2.24) is 19.8 Å². The molecular weight excluding hydrogens is 546 g/mol. The number of aromatic nitrogens is 2. The smallest absolute Gasteiger partial charge is 0.260 e. The van der Waals surface area contributed by atoms with E-state index in [-0.39, 0.29) is 23.3 Å². The number of carbonyl (C=O) groups is 3. The second kappa shape index (κ2) is 15.6. The number of benzene rings is 2. The second-order valence-corrected chi connectivity index (χ2v) is 10.0. The van der Waals surface area contributed by atoms with Crippen molar-refractivity contribution >= 4 is 46.5 Å². The Morgan fingerprint density at radius 3 is 2.42 bits per heavy atom. The minimum atomic E-state index is -0.728. The molecule has 2 aromatic carbocycles. The maximum absolute atomic E-state index is 13.3. The minimum Gasteiger partial charge on any atom is -0.369 e. The molecule has 0 fully saturated rings. The van der Waals surface area contributed by atoms with Gasteiger partial charge in [-0.2, -0.15) is 10.2 Å². The molecule has 0 saturated heterocycles. The number of likely N-dealkylation sites (N-methyl/N-ethyl adjacent to an activating group) is 2. The lowest BCUT2D eigenvalue weighted by molar-refractivity contribution is -0.132. The average Bonchev–Trinajstić information content (AvgIpc) is 2.99. The normalized spacial score (nSPS) is 11.5. The van der Waals surface area contributed by atoms with E-state index in [1.165, 1.54) is 17.2 Å². The van der Waals surface area contributed by atoms with E-state index in [0.29, 0.717) is 41.5 Å². The Balaban J connectivity index is 1.70. The first kappa shape index (κ1) is 32.2. The van der Waals surface area contributed by atoms with Crippen molar-refractivity contribution in [2.24, 2.45) is 0 Å². The number of hydrogen-bond donors (Lipinski definition) is 4. The van der Waals surface area contributed by atoms with E-state index >= 15 is 0 Å². The molecular formula is C31H37N9O3. The molecule has 4 N–H and O–H groups in total. The molecule has 0 unspecified atom stereocenters. The fraction of sp³-hybridized carbons (Fsp3) is 0.290. The highest BCUT2D eigenvalue weighted by molar-refractivity contribution is 6.08. The van der Waals surface area contributed by atoms with Crippen LogP contribution in [0, 0.1) is 11.3 Å². The van der Waals surface area contributed by atoms with E-state index in [1.807, 2.05) is 25.9 Å². The quantitative estimate of drug-likeness (QED) is 0.218. The van der Waals surface area contributed by atoms with Crippen molar-refractivity contribution in [3.8, 4) is 6.07 Å². The van der Waals surface area contributed by atoms with E-state index in [9.17, 15) is 14.4 Å². The van der Waals surface area contributed by atoms with Gasteiger partial charge in [-0.15, -0.1) is 0 Å². The summed E-state index contributed by atoms with van der Waals surface area (Å²) < 4.78 is 0. The number of amides is 3. The Labute approximate surface area is 251 Å². The first-order valence-electron chi connectivity index (χ1n) is 13.8. The van der Waals surface area contributed by atoms with Crippen LogP contribution in [0.3, 0.4) is 0 Å². The summed E-state index contributed by atoms with van der Waals surface area (Å²) in [5, 5.41) is 21.0. The van der Waals surface area contributed by atoms with Crippen molar-refractivity contribution in [2.75, 3.05) is 55.5 Å². The molecule has 0 aliphatic heterocycles. The number of nitrogens with one attached hydrogen (secondary N) is 4. The Hall–Kier alpha value is -5.28. The molecule has 3 aromatic rings. The number of rotatable bonds is 13. The zero-order chi connectivity index (χ0) is 31.4. The van der Waals surface area contributed by atoms with Crippen LogP contribution in [0.2, 0.25) is 0 Å². The van der Waals surface area contributed by atoms with Gasteiger partial charge in [-0.05, 0) is 63.8 Å². The van der Waals surface area contributed by atoms with Crippen LogP contribution in [0.15, 0.2) is 66.9 Å². The number of nitrogens with zero attached hydrogens (tertiary/aromatic N) is 5. The molecule has 12 nitrogen and oxygen atoms in total. The average molecular weight is 584 g/mol. The van der Waals surface area contributed by atoms with Crippen LogP contribution in [0.1, 0.15) is 36.2 Å². The van der Waals surface area contributed by atoms with E-state index in [4.69, 9.17) is 5.26 Å². The van der Waals surface area contributed by atoms with Crippen molar-refractivity contribution in [3.63, 3.8) is 0 Å². The molecule has 43 heavy (non-hydrogen) atoms. The van der Waals surface area contributed by atoms with Gasteiger partial charge in [0.05, 0.1) is 11.6 Å². The van der Waals surface area contributed by atoms with Crippen LogP contribution >= 0.6 is 0 Å². The van der Waals surface area contributed by atoms with Gasteiger partial charge in [0, 0.05) is 49.5 Å². The molecule has 1 heterocycles. The van der Waals surface area contributed by atoms with Gasteiger partial charge in [-0.3, -0.25) is 14.4 Å². The van der Waals surface area contributed by atoms with Crippen molar-refractivity contribution in [3.05, 3.63) is 78.0 Å². The van der Waals surface area contributed by atoms with Crippen LogP contribution in [0.5, 0.6) is 0 Å². The topological polar surface area (TPSA) is 155 Å². The van der Waals surface area contributed by atoms with Gasteiger partial charge in [-0.1, -0.05) is 25.1 Å². The first-order chi connectivity index (χ1) is 20.6. The minimum absolute atomic E-state index is 0.232. The highest BCUT2D eigenvalue weighted by Crippen LogP contribution is 2.21. The summed E-state index contributed by atoms with van der Waals surface area (Å²) in [6, 6.07) is 15.0. The van der Waals surface area contributed by atoms with Gasteiger partial charge >= 0.3 is 0 Å². The first-order valence-corrected chi connectivity index (χ1v) is 13.8. The molecule has 1 atom stereocenters. The molecule has 12 heteroatoms. The summed E-state index contributed by atoms with van der Waals surface area (Å²) in [7, 11) is 5.36. The summed E-state index contributed by atoms with van der Waals surface area (Å²) in [6.07, 6.45) is 5.42. The van der Waals surface area contributed by atoms with Gasteiger partial charge in [0.1, 0.15) is 17.4 Å². The van der Waals surface area contributed by atoms with E-state index < -0.39 is 11.9 Å². The summed E-state index contributed by atoms with van der Waals surface area (Å²) in [5.41, 5.74) is 2.27. The Morgan fingerprint density at radius 2 is 1.72 bits per heavy atom. The summed E-state index contributed by atoms with van der Waals surface area (Å²) >= 11 is 0. The molecule has 0 spiro atoms. The summed E-state index contributed by atoms with van der Waals surface area (Å²) in [4.78, 5) is 50.6. The predicted octanol–water partition coefficient (Wildman–Crippen LogP) is 4.07. The Bertz CT molecular complexity index is 1510. The summed E-state index contributed by atoms with van der Waals surface area (Å²) in [5.74, 6) is -0.483. The number of nitriles is 1. The zero-order valence-corrected chi connectivity index (χ0v) is 25.0. The number of anilines is 5. The van der Waals surface area contributed by atoms with Crippen molar-refractivity contribution < 1.29 is 14.4 Å². The molecule has 3 rings (SSSR count). The van der Waals surface area contributed by atoms with Crippen molar-refractivity contribution in [2.45, 2.75) is 26.3 Å². The van der Waals surface area contributed by atoms with Gasteiger partial charge in [0.25, 0.3) is 5.91 Å². The lowest BCUT2D eigenvalue weighted by Crippen LogP contribution is -2.42. The SMILES string of the molecule is CCCNc1nc(Nc2cccc(C#N)c2)ncc1C(=O)Nc1cccc(NC(=O)[C@H](C)N(C)C(=O)C=CCN(C)C)c1. The van der Waals surface area contributed by atoms with Gasteiger partial charge in [0.2, 0.25) is 17.8 Å². The van der Waals surface area contributed by atoms with Crippen LogP contribution < -0.4 is 21.3 Å². The highest BCUT2D eigenvalue weighted by Gasteiger charge is 2.21. The Morgan fingerprint density at radius 1 is 1.02 bits per heavy atom. The third-order valence-electron chi connectivity index (χ3n) is 6.25. The molecule has 0 saturated carbocycles. The maximum Gasteiger partial charge on any atom is 0.260 e. The third-order valence-corrected chi connectivity index (χ3v) is 6.25. The molecule has 0 bridgehead atoms. The lowest BCUT2D eigenvalue weighted by Gasteiger charge is -2.23. The van der Waals surface area contributed by atoms with Crippen molar-refractivity contribution in [1.29, 1.82) is 5.26 Å². The van der Waals surface area contributed by atoms with Gasteiger partial charge in [-0.25, -0.2) is 4.98 Å². The van der Waals surface area contributed by atoms with Crippen LogP contribution in [-0.4, -0.2) is 77.8 Å². The molecule has 224 valence electrons. The molecule has 0 radical (unpaired) electrons. The van der Waals surface area contributed by atoms with Crippen LogP contribution in [0.25, 0.3) is 0 Å². The lowest BCUT2D eigenvalue weighted by atomic mass is 10.2. The van der Waals surface area contributed by atoms with E-state index in [0.717, 1.165) is 6.42 Å². The standard InChI is InChI=1S/C31H37N9O3/c1-6-15-33-28-26(20-34-31(38-28)37-23-11-7-10-22(17-23)19-32)30(43)36-25-13-8-12-24(18-25)35-29(42)21(2)40(5)27(41)14-9-16-39(3)4/h7-14,17-18,20-21H,6,15-16H2,1-5H3,(H,35,42)(H,36,43)(H2,33,34,37,38)/t21-/m0/s1. The van der Waals surface area contributed by atoms with Gasteiger partial charge in [0.15, 0.2) is 0 Å². The van der Waals surface area contributed by atoms with E-state index in [2.05, 4.69) is 37.3 Å². The largest absolute Gasteiger partial charge is 0.369 e. The Kier molecular flexibility index (Phi) is 11.7. The van der Waals surface area contributed by atoms with Crippen LogP contribution in [0.4, 0.5) is 28.8 Å². The fourth-order valence-corrected chi connectivity index (χ4v) is 3.75. The number of carbonyl (C=O) groups excluding carboxylic acids is 3. The van der Waals surface area contributed by atoms with E-state index in [1.54, 1.807) is 68.6 Å². The third kappa shape index (κ3) is 9.65. The molecule has 0 aliphatic carbocycles. The fourth-order valence-electron chi connectivity index (χ4n) is 3.75. The highest BCUT2D eigenvalue weighted by atomic mass is 16.2. The maximum atomic E-state index is 13.3. The zero-order valence-electron chi connectivity index (χ0n) is 25.0. The molecule has 1 aromatic heterocycles. The number of hydrogen-bond acceptors (Lipinski definition) is 9. The van der Waals surface area contributed by atoms with Crippen LogP contribution in [-0.2, 0) is 9.59 Å². The molecule has 0 aliphatic rings. The predicted molar refractivity (Wildman–Crippen MR) is 168 cm³/mol. The molecule has 3 amide bonds. The monoisotopic (exact) mass is 583 g/mol.